The Morgan fingerprint density at radius 2 is 1.92 bits per heavy atom. The van der Waals surface area contributed by atoms with Crippen LogP contribution in [0.25, 0.3) is 10.4 Å². The topological polar surface area (TPSA) is 43.8 Å². The van der Waals surface area contributed by atoms with Crippen LogP contribution in [0.2, 0.25) is 0 Å². The van der Waals surface area contributed by atoms with Crippen LogP contribution in [0.1, 0.15) is 19.4 Å². The molecule has 1 amide bonds. The summed E-state index contributed by atoms with van der Waals surface area (Å²) in [5.74, 6) is 0.597. The molecule has 1 fully saturated rings. The molecule has 4 nitrogen and oxygen atoms in total. The van der Waals surface area contributed by atoms with Crippen LogP contribution >= 0.6 is 32.9 Å². The number of phenolic OH excluding ortho intramolecular Hbond substituents is 1. The van der Waals surface area contributed by atoms with Crippen molar-refractivity contribution in [2.45, 2.75) is 20.4 Å². The average Bonchev–Trinajstić information content (AvgIpc) is 3.03. The minimum Gasteiger partial charge on any atom is -0.508 e. The molecule has 1 aliphatic heterocycles. The third-order valence-electron chi connectivity index (χ3n) is 4.40. The lowest BCUT2D eigenvalue weighted by atomic mass is 10.1. The zero-order valence-electron chi connectivity index (χ0n) is 14.4. The number of piperazine rings is 1. The van der Waals surface area contributed by atoms with Crippen LogP contribution in [0.5, 0.6) is 5.75 Å². The first kappa shape index (κ1) is 18.5. The Balaban J connectivity index is 1.67. The molecule has 0 aliphatic carbocycles. The Kier molecular flexibility index (Phi) is 5.89. The molecule has 1 N–H and O–H groups in total. The summed E-state index contributed by atoms with van der Waals surface area (Å²) >= 11 is 5.21. The largest absolute Gasteiger partial charge is 0.508 e. The van der Waals surface area contributed by atoms with Crippen molar-refractivity contribution in [3.8, 4) is 16.2 Å². The van der Waals surface area contributed by atoms with Crippen LogP contribution in [-0.2, 0) is 11.3 Å². The standard InChI is InChI=1S/C18H22N2O2S3/c1-12(2)18(22)20-7-5-19(6-8-20)11-14-9-13(3-4-15(14)21)16-10-17(23)25-24-16/h3-4,9-10,12,21H,5-8,11H2,1-2H3. The lowest BCUT2D eigenvalue weighted by Crippen LogP contribution is -2.49. The van der Waals surface area contributed by atoms with E-state index in [9.17, 15) is 9.90 Å². The van der Waals surface area contributed by atoms with E-state index in [1.165, 1.54) is 0 Å². The molecule has 0 unspecified atom stereocenters. The number of hydrogen-bond acceptors (Lipinski definition) is 6. The summed E-state index contributed by atoms with van der Waals surface area (Å²) in [6, 6.07) is 7.76. The smallest absolute Gasteiger partial charge is 0.225 e. The molecule has 7 heteroatoms. The molecular weight excluding hydrogens is 372 g/mol. The van der Waals surface area contributed by atoms with E-state index in [0.29, 0.717) is 12.3 Å². The Bertz CT molecular complexity index is 805. The molecular formula is C18H22N2O2S3. The molecule has 1 aliphatic rings. The summed E-state index contributed by atoms with van der Waals surface area (Å²) < 4.78 is 0.889. The molecule has 0 saturated carbocycles. The van der Waals surface area contributed by atoms with Gasteiger partial charge in [-0.15, -0.1) is 0 Å². The van der Waals surface area contributed by atoms with Crippen molar-refractivity contribution in [3.05, 3.63) is 33.7 Å². The molecule has 2 heterocycles. The number of carbonyl (C=O) groups excluding carboxylic acids is 1. The number of benzene rings is 1. The lowest BCUT2D eigenvalue weighted by molar-refractivity contribution is -0.136. The first-order valence-electron chi connectivity index (χ1n) is 8.37. The fourth-order valence-corrected chi connectivity index (χ4v) is 5.36. The predicted octanol–water partition coefficient (Wildman–Crippen LogP) is 4.21. The molecule has 0 atom stereocenters. The van der Waals surface area contributed by atoms with Crippen LogP contribution in [0, 0.1) is 9.74 Å². The minimum absolute atomic E-state index is 0.0495. The summed E-state index contributed by atoms with van der Waals surface area (Å²) in [4.78, 5) is 17.5. The van der Waals surface area contributed by atoms with Gasteiger partial charge in [0.25, 0.3) is 0 Å². The van der Waals surface area contributed by atoms with Crippen molar-refractivity contribution in [2.75, 3.05) is 26.2 Å². The van der Waals surface area contributed by atoms with Gasteiger partial charge in [-0.05, 0) is 29.8 Å². The van der Waals surface area contributed by atoms with Gasteiger partial charge in [-0.2, -0.15) is 0 Å². The van der Waals surface area contributed by atoms with Crippen molar-refractivity contribution in [1.29, 1.82) is 0 Å². The van der Waals surface area contributed by atoms with Crippen molar-refractivity contribution >= 4 is 38.8 Å². The van der Waals surface area contributed by atoms with Crippen molar-refractivity contribution in [1.82, 2.24) is 9.80 Å². The summed E-state index contributed by atoms with van der Waals surface area (Å²) in [5.41, 5.74) is 2.02. The number of nitrogens with zero attached hydrogens (tertiary/aromatic N) is 2. The summed E-state index contributed by atoms with van der Waals surface area (Å²) in [6.07, 6.45) is 0. The van der Waals surface area contributed by atoms with E-state index >= 15 is 0 Å². The van der Waals surface area contributed by atoms with Gasteiger partial charge in [-0.3, -0.25) is 9.69 Å². The van der Waals surface area contributed by atoms with E-state index < -0.39 is 0 Å². The fraction of sp³-hybridized carbons (Fsp3) is 0.444. The van der Waals surface area contributed by atoms with Crippen LogP contribution < -0.4 is 0 Å². The zero-order valence-corrected chi connectivity index (χ0v) is 16.8. The third-order valence-corrected chi connectivity index (χ3v) is 7.31. The van der Waals surface area contributed by atoms with Gasteiger partial charge < -0.3 is 10.0 Å². The van der Waals surface area contributed by atoms with Gasteiger partial charge in [-0.1, -0.05) is 46.7 Å². The highest BCUT2D eigenvalue weighted by molar-refractivity contribution is 7.80. The van der Waals surface area contributed by atoms with Gasteiger partial charge in [0.15, 0.2) is 0 Å². The maximum absolute atomic E-state index is 12.1. The number of amides is 1. The summed E-state index contributed by atoms with van der Waals surface area (Å²) in [6.45, 7) is 7.75. The minimum atomic E-state index is 0.0495. The van der Waals surface area contributed by atoms with Gasteiger partial charge in [0.05, 0.1) is 0 Å². The number of carbonyl (C=O) groups is 1. The molecule has 0 spiro atoms. The van der Waals surface area contributed by atoms with E-state index in [4.69, 9.17) is 12.2 Å². The molecule has 25 heavy (non-hydrogen) atoms. The second-order valence-corrected chi connectivity index (χ2v) is 9.51. The Labute approximate surface area is 160 Å². The van der Waals surface area contributed by atoms with Crippen LogP contribution in [0.15, 0.2) is 24.3 Å². The van der Waals surface area contributed by atoms with E-state index in [1.54, 1.807) is 26.7 Å². The van der Waals surface area contributed by atoms with Crippen molar-refractivity contribution in [2.24, 2.45) is 5.92 Å². The fourth-order valence-electron chi connectivity index (χ4n) is 2.97. The molecule has 134 valence electrons. The quantitative estimate of drug-likeness (QED) is 0.623. The number of aromatic hydroxyl groups is 1. The Morgan fingerprint density at radius 1 is 1.20 bits per heavy atom. The van der Waals surface area contributed by atoms with Gasteiger partial charge in [-0.25, -0.2) is 0 Å². The highest BCUT2D eigenvalue weighted by atomic mass is 32.9. The van der Waals surface area contributed by atoms with E-state index in [2.05, 4.69) is 4.90 Å². The second-order valence-electron chi connectivity index (χ2n) is 6.59. The zero-order chi connectivity index (χ0) is 18.0. The summed E-state index contributed by atoms with van der Waals surface area (Å²) in [5, 5.41) is 10.2. The Hall–Kier alpha value is -1.28. The Morgan fingerprint density at radius 3 is 2.52 bits per heavy atom. The summed E-state index contributed by atoms with van der Waals surface area (Å²) in [7, 11) is 3.26. The second kappa shape index (κ2) is 7.95. The van der Waals surface area contributed by atoms with Gasteiger partial charge in [0.1, 0.15) is 9.57 Å². The molecule has 1 aromatic carbocycles. The number of hydrogen-bond donors (Lipinski definition) is 1. The highest BCUT2D eigenvalue weighted by Crippen LogP contribution is 2.32. The monoisotopic (exact) mass is 394 g/mol. The van der Waals surface area contributed by atoms with Gasteiger partial charge >= 0.3 is 0 Å². The predicted molar refractivity (Wildman–Crippen MR) is 107 cm³/mol. The van der Waals surface area contributed by atoms with E-state index in [0.717, 1.165) is 46.0 Å². The van der Waals surface area contributed by atoms with Crippen molar-refractivity contribution < 1.29 is 9.90 Å². The van der Waals surface area contributed by atoms with E-state index in [1.807, 2.05) is 36.9 Å². The molecule has 0 radical (unpaired) electrons. The van der Waals surface area contributed by atoms with Crippen LogP contribution in [-0.4, -0.2) is 47.0 Å². The number of rotatable bonds is 4. The third kappa shape index (κ3) is 4.47. The van der Waals surface area contributed by atoms with Crippen LogP contribution in [0.4, 0.5) is 0 Å². The molecule has 1 aromatic heterocycles. The average molecular weight is 395 g/mol. The van der Waals surface area contributed by atoms with Gasteiger partial charge in [0, 0.05) is 49.1 Å². The maximum atomic E-state index is 12.1. The van der Waals surface area contributed by atoms with E-state index in [-0.39, 0.29) is 11.8 Å². The number of phenols is 1. The first-order valence-corrected chi connectivity index (χ1v) is 10.9. The van der Waals surface area contributed by atoms with Crippen LogP contribution in [0.3, 0.4) is 0 Å². The highest BCUT2D eigenvalue weighted by Gasteiger charge is 2.23. The molecule has 2 aromatic rings. The maximum Gasteiger partial charge on any atom is 0.225 e. The molecule has 0 bridgehead atoms. The van der Waals surface area contributed by atoms with Gasteiger partial charge in [0.2, 0.25) is 5.91 Å². The molecule has 3 rings (SSSR count). The SMILES string of the molecule is CC(C)C(=O)N1CCN(Cc2cc(-c3cc(=S)ss3)ccc2O)CC1. The first-order chi connectivity index (χ1) is 11.9. The lowest BCUT2D eigenvalue weighted by Gasteiger charge is -2.35. The molecule has 1 saturated heterocycles. The van der Waals surface area contributed by atoms with Crippen molar-refractivity contribution in [3.63, 3.8) is 0 Å². The normalized spacial score (nSPS) is 15.7.